The van der Waals surface area contributed by atoms with Crippen molar-refractivity contribution in [1.82, 2.24) is 14.8 Å². The highest BCUT2D eigenvalue weighted by Gasteiger charge is 2.36. The van der Waals surface area contributed by atoms with Gasteiger partial charge in [-0.2, -0.15) is 0 Å². The van der Waals surface area contributed by atoms with E-state index in [9.17, 15) is 9.59 Å². The fraction of sp³-hybridized carbons (Fsp3) is 0.333. The van der Waals surface area contributed by atoms with E-state index in [-0.39, 0.29) is 11.8 Å². The number of rotatable bonds is 6. The van der Waals surface area contributed by atoms with E-state index in [0.717, 1.165) is 10.9 Å². The number of benzene rings is 2. The molecule has 30 heavy (non-hydrogen) atoms. The summed E-state index contributed by atoms with van der Waals surface area (Å²) in [5.74, 6) is 1.42. The molecule has 1 fully saturated rings. The second-order valence-electron chi connectivity index (χ2n) is 8.10. The normalized spacial score (nSPS) is 16.4. The number of fused-ring (bicyclic) bond motifs is 1. The molecule has 0 bridgehead atoms. The fourth-order valence-corrected chi connectivity index (χ4v) is 4.92. The van der Waals surface area contributed by atoms with Crippen molar-refractivity contribution < 1.29 is 9.59 Å². The molecular weight excluding hydrogens is 394 g/mol. The summed E-state index contributed by atoms with van der Waals surface area (Å²) >= 11 is 1.63. The van der Waals surface area contributed by atoms with Crippen LogP contribution in [0.4, 0.5) is 0 Å². The molecule has 3 aromatic rings. The highest BCUT2D eigenvalue weighted by atomic mass is 32.2. The largest absolute Gasteiger partial charge is 0.354 e. The Kier molecular flexibility index (Phi) is 6.13. The molecule has 156 valence electrons. The molecule has 5 nitrogen and oxygen atoms in total. The Hall–Kier alpha value is -2.73. The van der Waals surface area contributed by atoms with Gasteiger partial charge in [0.2, 0.25) is 5.91 Å². The minimum atomic E-state index is -0.419. The van der Waals surface area contributed by atoms with Crippen molar-refractivity contribution in [2.45, 2.75) is 26.4 Å². The Morgan fingerprint density at radius 1 is 1.10 bits per heavy atom. The number of amides is 2. The number of nitrogens with one attached hydrogen (secondary N) is 1. The van der Waals surface area contributed by atoms with Crippen LogP contribution in [0.15, 0.2) is 60.8 Å². The fourth-order valence-electron chi connectivity index (χ4n) is 3.77. The topological polar surface area (TPSA) is 54.3 Å². The van der Waals surface area contributed by atoms with E-state index in [2.05, 4.69) is 35.9 Å². The van der Waals surface area contributed by atoms with Gasteiger partial charge in [0, 0.05) is 35.9 Å². The van der Waals surface area contributed by atoms with Crippen molar-refractivity contribution in [3.63, 3.8) is 0 Å². The number of aromatic nitrogens is 1. The third-order valence-corrected chi connectivity index (χ3v) is 6.36. The lowest BCUT2D eigenvalue weighted by molar-refractivity contribution is -0.124. The lowest BCUT2D eigenvalue weighted by Gasteiger charge is -2.23. The van der Waals surface area contributed by atoms with Crippen LogP contribution in [0.5, 0.6) is 0 Å². The first kappa shape index (κ1) is 20.5. The van der Waals surface area contributed by atoms with E-state index in [0.29, 0.717) is 36.2 Å². The zero-order valence-corrected chi connectivity index (χ0v) is 18.2. The van der Waals surface area contributed by atoms with Crippen LogP contribution in [0, 0.1) is 5.92 Å². The van der Waals surface area contributed by atoms with Gasteiger partial charge in [-0.3, -0.25) is 9.59 Å². The number of nitrogens with zero attached hydrogens (tertiary/aromatic N) is 2. The summed E-state index contributed by atoms with van der Waals surface area (Å²) in [6, 6.07) is 17.8. The number of hydrogen-bond acceptors (Lipinski definition) is 3. The minimum absolute atomic E-state index is 0.0601. The monoisotopic (exact) mass is 421 g/mol. The maximum atomic E-state index is 13.5. The molecule has 2 heterocycles. The highest BCUT2D eigenvalue weighted by molar-refractivity contribution is 7.99. The Bertz CT molecular complexity index is 1050. The third kappa shape index (κ3) is 4.24. The molecule has 1 aromatic heterocycles. The average molecular weight is 422 g/mol. The van der Waals surface area contributed by atoms with Gasteiger partial charge in [-0.05, 0) is 17.5 Å². The first-order valence-corrected chi connectivity index (χ1v) is 11.5. The first-order valence-electron chi connectivity index (χ1n) is 10.3. The average Bonchev–Trinajstić information content (AvgIpc) is 3.38. The Labute approximate surface area is 181 Å². The van der Waals surface area contributed by atoms with E-state index in [1.807, 2.05) is 48.7 Å². The Morgan fingerprint density at radius 2 is 1.83 bits per heavy atom. The van der Waals surface area contributed by atoms with Crippen LogP contribution in [-0.4, -0.2) is 45.5 Å². The van der Waals surface area contributed by atoms with Crippen molar-refractivity contribution in [3.05, 3.63) is 71.9 Å². The summed E-state index contributed by atoms with van der Waals surface area (Å²) in [5, 5.41) is 3.91. The molecule has 1 aliphatic rings. The predicted molar refractivity (Wildman–Crippen MR) is 123 cm³/mol. The van der Waals surface area contributed by atoms with Crippen LogP contribution in [0.25, 0.3) is 10.9 Å². The summed E-state index contributed by atoms with van der Waals surface area (Å²) < 4.78 is 2.12. The van der Waals surface area contributed by atoms with Crippen LogP contribution < -0.4 is 5.32 Å². The first-order chi connectivity index (χ1) is 14.5. The molecule has 0 unspecified atom stereocenters. The van der Waals surface area contributed by atoms with Gasteiger partial charge < -0.3 is 14.8 Å². The smallest absolute Gasteiger partial charge is 0.257 e. The molecule has 2 amide bonds. The van der Waals surface area contributed by atoms with Crippen molar-refractivity contribution in [1.29, 1.82) is 0 Å². The van der Waals surface area contributed by atoms with E-state index < -0.39 is 6.04 Å². The lowest BCUT2D eigenvalue weighted by Crippen LogP contribution is -2.47. The van der Waals surface area contributed by atoms with Crippen LogP contribution in [0.2, 0.25) is 0 Å². The van der Waals surface area contributed by atoms with Crippen molar-refractivity contribution in [2.75, 3.05) is 18.2 Å². The second kappa shape index (κ2) is 8.96. The Balaban J connectivity index is 1.62. The van der Waals surface area contributed by atoms with Crippen LogP contribution in [0.3, 0.4) is 0 Å². The van der Waals surface area contributed by atoms with Crippen molar-refractivity contribution >= 4 is 34.5 Å². The van der Waals surface area contributed by atoms with E-state index in [1.54, 1.807) is 16.7 Å². The van der Waals surface area contributed by atoms with E-state index >= 15 is 0 Å². The lowest BCUT2D eigenvalue weighted by atomic mass is 10.1. The van der Waals surface area contributed by atoms with E-state index in [1.165, 1.54) is 5.56 Å². The number of hydrogen-bond donors (Lipinski definition) is 1. The molecule has 1 aliphatic heterocycles. The maximum Gasteiger partial charge on any atom is 0.257 e. The van der Waals surface area contributed by atoms with Gasteiger partial charge in [-0.15, -0.1) is 11.8 Å². The molecule has 1 N–H and O–H groups in total. The van der Waals surface area contributed by atoms with E-state index in [4.69, 9.17) is 0 Å². The van der Waals surface area contributed by atoms with Crippen LogP contribution in [0.1, 0.15) is 29.8 Å². The summed E-state index contributed by atoms with van der Waals surface area (Å²) in [6.45, 7) is 5.45. The zero-order valence-electron chi connectivity index (χ0n) is 17.4. The molecule has 2 aromatic carbocycles. The van der Waals surface area contributed by atoms with Crippen LogP contribution >= 0.6 is 11.8 Å². The summed E-state index contributed by atoms with van der Waals surface area (Å²) in [5.41, 5.74) is 2.86. The summed E-state index contributed by atoms with van der Waals surface area (Å²) in [4.78, 5) is 27.9. The van der Waals surface area contributed by atoms with Gasteiger partial charge in [-0.25, -0.2) is 0 Å². The number of carbonyl (C=O) groups is 2. The molecule has 6 heteroatoms. The molecule has 0 aliphatic carbocycles. The second-order valence-corrected chi connectivity index (χ2v) is 9.10. The zero-order chi connectivity index (χ0) is 21.1. The summed E-state index contributed by atoms with van der Waals surface area (Å²) in [7, 11) is 0. The standard InChI is InChI=1S/C24H27N3O2S/c1-17(2)12-25-23(28)22-15-30-16-27(22)24(29)20-14-26(13-18-8-4-3-5-9-18)21-11-7-6-10-19(20)21/h3-11,14,17,22H,12-13,15-16H2,1-2H3,(H,25,28)/t22-/m1/s1. The highest BCUT2D eigenvalue weighted by Crippen LogP contribution is 2.28. The summed E-state index contributed by atoms with van der Waals surface area (Å²) in [6.07, 6.45) is 1.94. The molecule has 1 saturated heterocycles. The minimum Gasteiger partial charge on any atom is -0.354 e. The maximum absolute atomic E-state index is 13.5. The predicted octanol–water partition coefficient (Wildman–Crippen LogP) is 3.98. The molecule has 0 spiro atoms. The van der Waals surface area contributed by atoms with Gasteiger partial charge in [0.05, 0.1) is 11.4 Å². The number of carbonyl (C=O) groups excluding carboxylic acids is 2. The number of para-hydroxylation sites is 1. The van der Waals surface area contributed by atoms with Gasteiger partial charge in [-0.1, -0.05) is 62.4 Å². The Morgan fingerprint density at radius 3 is 2.60 bits per heavy atom. The van der Waals surface area contributed by atoms with Crippen molar-refractivity contribution in [3.8, 4) is 0 Å². The molecule has 4 rings (SSSR count). The van der Waals surface area contributed by atoms with Crippen molar-refractivity contribution in [2.24, 2.45) is 5.92 Å². The molecule has 1 atom stereocenters. The molecule has 0 radical (unpaired) electrons. The van der Waals surface area contributed by atoms with Gasteiger partial charge in [0.1, 0.15) is 6.04 Å². The molecular formula is C24H27N3O2S. The van der Waals surface area contributed by atoms with Gasteiger partial charge in [0.15, 0.2) is 0 Å². The van der Waals surface area contributed by atoms with Gasteiger partial charge in [0.25, 0.3) is 5.91 Å². The third-order valence-electron chi connectivity index (χ3n) is 5.35. The van der Waals surface area contributed by atoms with Gasteiger partial charge >= 0.3 is 0 Å². The van der Waals surface area contributed by atoms with Crippen LogP contribution in [-0.2, 0) is 11.3 Å². The SMILES string of the molecule is CC(C)CNC(=O)[C@H]1CSCN1C(=O)c1cn(Cc2ccccc2)c2ccccc12. The quantitative estimate of drug-likeness (QED) is 0.655. The number of thioether (sulfide) groups is 1. The molecule has 0 saturated carbocycles.